The Kier molecular flexibility index (Phi) is 7.30. The third-order valence-corrected chi connectivity index (χ3v) is 6.62. The van der Waals surface area contributed by atoms with Crippen molar-refractivity contribution in [3.8, 4) is 5.75 Å². The topological polar surface area (TPSA) is 125 Å². The normalized spacial score (nSPS) is 12.4. The number of nitrogens with two attached hydrogens (primary N) is 1. The first-order chi connectivity index (χ1) is 16.8. The van der Waals surface area contributed by atoms with E-state index < -0.39 is 5.25 Å². The van der Waals surface area contributed by atoms with Gasteiger partial charge >= 0.3 is 0 Å². The number of carbonyl (C=O) groups is 2. The van der Waals surface area contributed by atoms with E-state index >= 15 is 0 Å². The summed E-state index contributed by atoms with van der Waals surface area (Å²) in [4.78, 5) is 24.3. The summed E-state index contributed by atoms with van der Waals surface area (Å²) in [6.07, 6.45) is 0.603. The Labute approximate surface area is 207 Å². The first-order valence-electron chi connectivity index (χ1n) is 11.4. The maximum absolute atomic E-state index is 13.1. The van der Waals surface area contributed by atoms with E-state index in [1.807, 2.05) is 41.8 Å². The molecule has 0 bridgehead atoms. The molecule has 184 valence electrons. The van der Waals surface area contributed by atoms with Gasteiger partial charge in [0, 0.05) is 36.2 Å². The molecule has 2 aromatic carbocycles. The molecule has 9 nitrogen and oxygen atoms in total. The van der Waals surface area contributed by atoms with E-state index in [0.29, 0.717) is 46.9 Å². The number of hydrogen-bond acceptors (Lipinski definition) is 7. The average Bonchev–Trinajstić information content (AvgIpc) is 3.36. The van der Waals surface area contributed by atoms with Crippen molar-refractivity contribution in [2.75, 3.05) is 12.4 Å². The number of fused-ring (bicyclic) bond motifs is 3. The highest BCUT2D eigenvalue weighted by Crippen LogP contribution is 2.37. The molecule has 0 saturated carbocycles. The molecule has 4 rings (SSSR count). The SMILES string of the molecule is COc1cc2c(cc1NC(=O)[C@H](C)Sc1nnc(CCC(N)=O)n1CC(C)C)oc1ccccc12. The standard InChI is InChI=1S/C25H29N5O4S/c1-14(2)13-30-23(10-9-22(26)31)28-29-25(30)35-15(3)24(32)27-18-12-20-17(11-21(18)33-4)16-7-5-6-8-19(16)34-20/h5-8,11-12,14-15H,9-10,13H2,1-4H3,(H2,26,31)(H,27,32)/t15-/m0/s1. The maximum atomic E-state index is 13.1. The summed E-state index contributed by atoms with van der Waals surface area (Å²) in [5.41, 5.74) is 7.27. The number of anilines is 1. The summed E-state index contributed by atoms with van der Waals surface area (Å²) >= 11 is 1.31. The highest BCUT2D eigenvalue weighted by molar-refractivity contribution is 8.00. The van der Waals surface area contributed by atoms with Gasteiger partial charge in [-0.05, 0) is 25.0 Å². The number of aromatic nitrogens is 3. The Bertz CT molecular complexity index is 1380. The predicted octanol–water partition coefficient (Wildman–Crippen LogP) is 4.38. The second-order valence-electron chi connectivity index (χ2n) is 8.77. The number of aryl methyl sites for hydroxylation is 1. The molecule has 2 amide bonds. The van der Waals surface area contributed by atoms with Gasteiger partial charge in [-0.15, -0.1) is 10.2 Å². The summed E-state index contributed by atoms with van der Waals surface area (Å²) in [6.45, 7) is 6.66. The summed E-state index contributed by atoms with van der Waals surface area (Å²) in [5, 5.41) is 13.5. The molecule has 2 heterocycles. The Morgan fingerprint density at radius 3 is 2.63 bits per heavy atom. The maximum Gasteiger partial charge on any atom is 0.237 e. The number of nitrogens with zero attached hydrogens (tertiary/aromatic N) is 3. The van der Waals surface area contributed by atoms with Crippen LogP contribution in [0, 0.1) is 5.92 Å². The largest absolute Gasteiger partial charge is 0.495 e. The van der Waals surface area contributed by atoms with Crippen molar-refractivity contribution < 1.29 is 18.7 Å². The van der Waals surface area contributed by atoms with Crippen LogP contribution in [-0.2, 0) is 22.6 Å². The van der Waals surface area contributed by atoms with E-state index in [1.54, 1.807) is 13.2 Å². The van der Waals surface area contributed by atoms with E-state index in [1.165, 1.54) is 11.8 Å². The zero-order chi connectivity index (χ0) is 25.1. The van der Waals surface area contributed by atoms with E-state index in [2.05, 4.69) is 29.4 Å². The van der Waals surface area contributed by atoms with Crippen LogP contribution in [-0.4, -0.2) is 38.9 Å². The molecule has 10 heteroatoms. The van der Waals surface area contributed by atoms with Crippen molar-refractivity contribution in [2.24, 2.45) is 11.7 Å². The van der Waals surface area contributed by atoms with Crippen LogP contribution in [0.1, 0.15) is 33.0 Å². The van der Waals surface area contributed by atoms with Gasteiger partial charge in [-0.2, -0.15) is 0 Å². The van der Waals surface area contributed by atoms with E-state index in [4.69, 9.17) is 14.9 Å². The van der Waals surface area contributed by atoms with E-state index in [0.717, 1.165) is 16.4 Å². The molecular formula is C25H29N5O4S. The number of nitrogens with one attached hydrogen (secondary N) is 1. The van der Waals surface area contributed by atoms with Gasteiger partial charge in [0.1, 0.15) is 22.7 Å². The lowest BCUT2D eigenvalue weighted by molar-refractivity contribution is -0.118. The van der Waals surface area contributed by atoms with Crippen molar-refractivity contribution in [1.82, 2.24) is 14.8 Å². The first kappa shape index (κ1) is 24.6. The van der Waals surface area contributed by atoms with Crippen LogP contribution < -0.4 is 15.8 Å². The fraction of sp³-hybridized carbons (Fsp3) is 0.360. The molecule has 4 aromatic rings. The van der Waals surface area contributed by atoms with Crippen LogP contribution in [0.25, 0.3) is 21.9 Å². The van der Waals surface area contributed by atoms with Crippen molar-refractivity contribution in [1.29, 1.82) is 0 Å². The molecule has 0 aliphatic carbocycles. The number of methoxy groups -OCH3 is 1. The smallest absolute Gasteiger partial charge is 0.237 e. The molecule has 0 aliphatic rings. The molecule has 0 fully saturated rings. The quantitative estimate of drug-likeness (QED) is 0.313. The zero-order valence-corrected chi connectivity index (χ0v) is 21.0. The lowest BCUT2D eigenvalue weighted by atomic mass is 10.1. The molecule has 1 atom stereocenters. The molecule has 0 spiro atoms. The molecule has 0 radical (unpaired) electrons. The van der Waals surface area contributed by atoms with Crippen LogP contribution in [0.15, 0.2) is 46.0 Å². The second kappa shape index (κ2) is 10.4. The van der Waals surface area contributed by atoms with Crippen LogP contribution in [0.3, 0.4) is 0 Å². The number of rotatable bonds is 10. The zero-order valence-electron chi connectivity index (χ0n) is 20.2. The van der Waals surface area contributed by atoms with Gasteiger partial charge in [-0.25, -0.2) is 0 Å². The van der Waals surface area contributed by atoms with Gasteiger partial charge in [0.05, 0.1) is 18.0 Å². The van der Waals surface area contributed by atoms with Crippen LogP contribution in [0.5, 0.6) is 5.75 Å². The Hall–Kier alpha value is -3.53. The lowest BCUT2D eigenvalue weighted by Crippen LogP contribution is -2.23. The average molecular weight is 496 g/mol. The highest BCUT2D eigenvalue weighted by Gasteiger charge is 2.22. The third-order valence-electron chi connectivity index (χ3n) is 5.54. The predicted molar refractivity (Wildman–Crippen MR) is 137 cm³/mol. The molecule has 3 N–H and O–H groups in total. The summed E-state index contributed by atoms with van der Waals surface area (Å²) in [5.74, 6) is 0.973. The fourth-order valence-corrected chi connectivity index (χ4v) is 4.72. The lowest BCUT2D eigenvalue weighted by Gasteiger charge is -2.16. The highest BCUT2D eigenvalue weighted by atomic mass is 32.2. The van der Waals surface area contributed by atoms with Gasteiger partial charge in [0.2, 0.25) is 11.8 Å². The molecule has 35 heavy (non-hydrogen) atoms. The Morgan fingerprint density at radius 2 is 1.91 bits per heavy atom. The number of thioether (sulfide) groups is 1. The second-order valence-corrected chi connectivity index (χ2v) is 10.1. The minimum atomic E-state index is -0.467. The third kappa shape index (κ3) is 5.43. The number of para-hydroxylation sites is 1. The minimum absolute atomic E-state index is 0.195. The van der Waals surface area contributed by atoms with Crippen LogP contribution in [0.4, 0.5) is 5.69 Å². The number of primary amides is 1. The number of hydrogen-bond donors (Lipinski definition) is 2. The molecule has 0 saturated heterocycles. The van der Waals surface area contributed by atoms with E-state index in [9.17, 15) is 9.59 Å². The number of furan rings is 1. The summed E-state index contributed by atoms with van der Waals surface area (Å²) < 4.78 is 13.5. The van der Waals surface area contributed by atoms with Gasteiger partial charge in [-0.1, -0.05) is 43.8 Å². The van der Waals surface area contributed by atoms with Crippen molar-refractivity contribution in [3.05, 3.63) is 42.2 Å². The molecule has 0 unspecified atom stereocenters. The number of carbonyl (C=O) groups excluding carboxylic acids is 2. The summed E-state index contributed by atoms with van der Waals surface area (Å²) in [7, 11) is 1.57. The number of amides is 2. The van der Waals surface area contributed by atoms with Crippen LogP contribution >= 0.6 is 11.8 Å². The Balaban J connectivity index is 1.54. The first-order valence-corrected chi connectivity index (χ1v) is 12.3. The van der Waals surface area contributed by atoms with E-state index in [-0.39, 0.29) is 18.2 Å². The molecular weight excluding hydrogens is 466 g/mol. The van der Waals surface area contributed by atoms with Crippen molar-refractivity contribution in [2.45, 2.75) is 50.6 Å². The van der Waals surface area contributed by atoms with Gasteiger partial charge < -0.3 is 24.8 Å². The fourth-order valence-electron chi connectivity index (χ4n) is 3.84. The van der Waals surface area contributed by atoms with Gasteiger partial charge in [-0.3, -0.25) is 9.59 Å². The Morgan fingerprint density at radius 1 is 1.14 bits per heavy atom. The van der Waals surface area contributed by atoms with Crippen molar-refractivity contribution >= 4 is 51.2 Å². The number of ether oxygens (including phenoxy) is 1. The minimum Gasteiger partial charge on any atom is -0.495 e. The molecule has 2 aromatic heterocycles. The number of benzene rings is 2. The van der Waals surface area contributed by atoms with Crippen molar-refractivity contribution in [3.63, 3.8) is 0 Å². The molecule has 0 aliphatic heterocycles. The monoisotopic (exact) mass is 495 g/mol. The van der Waals surface area contributed by atoms with Gasteiger partial charge in [0.15, 0.2) is 5.16 Å². The summed E-state index contributed by atoms with van der Waals surface area (Å²) in [6, 6.07) is 11.4. The van der Waals surface area contributed by atoms with Crippen LogP contribution in [0.2, 0.25) is 0 Å². The van der Waals surface area contributed by atoms with Gasteiger partial charge in [0.25, 0.3) is 0 Å².